The van der Waals surface area contributed by atoms with Gasteiger partial charge >= 0.3 is 0 Å². The molecule has 1 rings (SSSR count). The molecule has 4 unspecified atom stereocenters. The fourth-order valence-electron chi connectivity index (χ4n) is 7.87. The highest BCUT2D eigenvalue weighted by molar-refractivity contribution is 4.88. The molecule has 0 radical (unpaired) electrons. The first kappa shape index (κ1) is 36.0. The summed E-state index contributed by atoms with van der Waals surface area (Å²) in [6.45, 7) is 9.41. The van der Waals surface area contributed by atoms with Gasteiger partial charge in [-0.15, -0.1) is 0 Å². The third-order valence-corrected chi connectivity index (χ3v) is 10.3. The van der Waals surface area contributed by atoms with Gasteiger partial charge in [0.05, 0.1) is 0 Å². The van der Waals surface area contributed by atoms with Gasteiger partial charge in [-0.1, -0.05) is 195 Å². The molecule has 38 heavy (non-hydrogen) atoms. The lowest BCUT2D eigenvalue weighted by Gasteiger charge is -2.44. The van der Waals surface area contributed by atoms with Crippen LogP contribution in [0, 0.1) is 23.7 Å². The molecule has 0 aromatic carbocycles. The smallest absolute Gasteiger partial charge is 0.0355 e. The van der Waals surface area contributed by atoms with Crippen LogP contribution in [0.1, 0.15) is 220 Å². The second-order valence-electron chi connectivity index (χ2n) is 13.7. The molecule has 0 N–H and O–H groups in total. The van der Waals surface area contributed by atoms with Crippen LogP contribution < -0.4 is 0 Å². The average Bonchev–Trinajstić information content (AvgIpc) is 2.93. The Morgan fingerprint density at radius 2 is 0.526 bits per heavy atom. The minimum atomic E-state index is 1.06. The zero-order valence-corrected chi connectivity index (χ0v) is 27.5. The van der Waals surface area contributed by atoms with Gasteiger partial charge in [-0.3, -0.25) is 0 Å². The summed E-state index contributed by atoms with van der Waals surface area (Å²) in [6, 6.07) is 0. The molecule has 0 saturated heterocycles. The molecule has 0 nitrogen and oxygen atoms in total. The molecule has 0 spiro atoms. The summed E-state index contributed by atoms with van der Waals surface area (Å²) in [4.78, 5) is 0. The van der Waals surface area contributed by atoms with Gasteiger partial charge in [0.15, 0.2) is 0 Å². The Balaban J connectivity index is 2.68. The minimum absolute atomic E-state index is 1.06. The van der Waals surface area contributed by atoms with Crippen molar-refractivity contribution in [3.63, 3.8) is 0 Å². The summed E-state index contributed by atoms with van der Waals surface area (Å²) in [5.74, 6) is 4.24. The van der Waals surface area contributed by atoms with Crippen LogP contribution in [0.25, 0.3) is 0 Å². The number of hydrogen-bond acceptors (Lipinski definition) is 0. The molecule has 4 atom stereocenters. The van der Waals surface area contributed by atoms with Gasteiger partial charge < -0.3 is 0 Å². The van der Waals surface area contributed by atoms with E-state index in [0.29, 0.717) is 0 Å². The van der Waals surface area contributed by atoms with E-state index in [4.69, 9.17) is 0 Å². The third kappa shape index (κ3) is 18.4. The van der Waals surface area contributed by atoms with Crippen LogP contribution in [-0.2, 0) is 0 Å². The first-order valence-electron chi connectivity index (χ1n) is 18.8. The van der Waals surface area contributed by atoms with Gasteiger partial charge in [0.2, 0.25) is 0 Å². The molecular formula is C38H76. The lowest BCUT2D eigenvalue weighted by molar-refractivity contribution is 0.0581. The molecule has 0 heterocycles. The fourth-order valence-corrected chi connectivity index (χ4v) is 7.87. The van der Waals surface area contributed by atoms with Crippen LogP contribution in [-0.4, -0.2) is 0 Å². The van der Waals surface area contributed by atoms with E-state index in [9.17, 15) is 0 Å². The topological polar surface area (TPSA) is 0 Å². The van der Waals surface area contributed by atoms with Crippen LogP contribution in [0.5, 0.6) is 0 Å². The van der Waals surface area contributed by atoms with Crippen molar-refractivity contribution in [1.29, 1.82) is 0 Å². The molecule has 1 aliphatic rings. The van der Waals surface area contributed by atoms with Crippen molar-refractivity contribution in [1.82, 2.24) is 0 Å². The standard InChI is InChI=1S/C38H76/c1-5-9-13-17-20-23-26-30-36-34-33-35(29-25-22-19-15-11-7-3)37(31-27-16-12-8-4)38(36)32-28-24-21-18-14-10-6-2/h35-38H,5-34H2,1-4H3. The molecule has 1 aliphatic carbocycles. The summed E-state index contributed by atoms with van der Waals surface area (Å²) in [5.41, 5.74) is 0. The number of rotatable bonds is 28. The maximum Gasteiger partial charge on any atom is -0.0355 e. The zero-order chi connectivity index (χ0) is 27.5. The Labute approximate surface area is 243 Å². The summed E-state index contributed by atoms with van der Waals surface area (Å²) < 4.78 is 0. The highest BCUT2D eigenvalue weighted by Gasteiger charge is 2.37. The Hall–Kier alpha value is 0. The van der Waals surface area contributed by atoms with Gasteiger partial charge in [0.1, 0.15) is 0 Å². The van der Waals surface area contributed by atoms with Gasteiger partial charge in [-0.05, 0) is 49.4 Å². The van der Waals surface area contributed by atoms with Crippen molar-refractivity contribution in [3.05, 3.63) is 0 Å². The molecule has 0 heteroatoms. The number of unbranched alkanes of at least 4 members (excludes halogenated alkanes) is 20. The number of hydrogen-bond donors (Lipinski definition) is 0. The van der Waals surface area contributed by atoms with E-state index >= 15 is 0 Å². The fraction of sp³-hybridized carbons (Fsp3) is 1.00. The summed E-state index contributed by atoms with van der Waals surface area (Å²) in [7, 11) is 0. The Morgan fingerprint density at radius 1 is 0.289 bits per heavy atom. The molecule has 0 aromatic rings. The molecule has 228 valence electrons. The summed E-state index contributed by atoms with van der Waals surface area (Å²) >= 11 is 0. The first-order chi connectivity index (χ1) is 18.8. The van der Waals surface area contributed by atoms with E-state index in [1.54, 1.807) is 38.5 Å². The monoisotopic (exact) mass is 533 g/mol. The highest BCUT2D eigenvalue weighted by atomic mass is 14.4. The van der Waals surface area contributed by atoms with Gasteiger partial charge in [0.25, 0.3) is 0 Å². The maximum absolute atomic E-state index is 2.38. The zero-order valence-electron chi connectivity index (χ0n) is 27.5. The maximum atomic E-state index is 2.38. The van der Waals surface area contributed by atoms with Crippen molar-refractivity contribution < 1.29 is 0 Å². The highest BCUT2D eigenvalue weighted by Crippen LogP contribution is 2.47. The van der Waals surface area contributed by atoms with E-state index < -0.39 is 0 Å². The van der Waals surface area contributed by atoms with Crippen molar-refractivity contribution in [2.45, 2.75) is 220 Å². The van der Waals surface area contributed by atoms with Crippen molar-refractivity contribution in [2.75, 3.05) is 0 Å². The van der Waals surface area contributed by atoms with Gasteiger partial charge in [0, 0.05) is 0 Å². The van der Waals surface area contributed by atoms with E-state index in [1.807, 2.05) is 0 Å². The molecule has 0 aromatic heterocycles. The second kappa shape index (κ2) is 27.2. The van der Waals surface area contributed by atoms with Crippen molar-refractivity contribution in [2.24, 2.45) is 23.7 Å². The van der Waals surface area contributed by atoms with Crippen LogP contribution in [0.2, 0.25) is 0 Å². The van der Waals surface area contributed by atoms with Crippen LogP contribution in [0.4, 0.5) is 0 Å². The molecular weight excluding hydrogens is 456 g/mol. The molecule has 0 amide bonds. The normalized spacial score (nSPS) is 21.8. The average molecular weight is 533 g/mol. The molecule has 0 aliphatic heterocycles. The predicted molar refractivity (Wildman–Crippen MR) is 175 cm³/mol. The lowest BCUT2D eigenvalue weighted by atomic mass is 9.61. The largest absolute Gasteiger partial charge is 0.0654 e. The van der Waals surface area contributed by atoms with Crippen LogP contribution in [0.3, 0.4) is 0 Å². The lowest BCUT2D eigenvalue weighted by Crippen LogP contribution is -2.35. The molecule has 1 saturated carbocycles. The van der Waals surface area contributed by atoms with E-state index in [1.165, 1.54) is 154 Å². The second-order valence-corrected chi connectivity index (χ2v) is 13.7. The van der Waals surface area contributed by atoms with Crippen molar-refractivity contribution >= 4 is 0 Å². The van der Waals surface area contributed by atoms with Gasteiger partial charge in [-0.25, -0.2) is 0 Å². The van der Waals surface area contributed by atoms with E-state index in [2.05, 4.69) is 27.7 Å². The molecule has 1 fully saturated rings. The van der Waals surface area contributed by atoms with E-state index in [0.717, 1.165) is 23.7 Å². The third-order valence-electron chi connectivity index (χ3n) is 10.3. The van der Waals surface area contributed by atoms with Gasteiger partial charge in [-0.2, -0.15) is 0 Å². The van der Waals surface area contributed by atoms with Crippen LogP contribution in [0.15, 0.2) is 0 Å². The summed E-state index contributed by atoms with van der Waals surface area (Å²) in [5, 5.41) is 0. The van der Waals surface area contributed by atoms with E-state index in [-0.39, 0.29) is 0 Å². The molecule has 0 bridgehead atoms. The van der Waals surface area contributed by atoms with Crippen molar-refractivity contribution in [3.8, 4) is 0 Å². The SMILES string of the molecule is CCCCCCCCCC1CCC(CCCCCCCC)C(CCCCCC)C1CCCCCCCCC. The predicted octanol–water partition coefficient (Wildman–Crippen LogP) is 14.2. The Morgan fingerprint density at radius 3 is 0.842 bits per heavy atom. The Bertz CT molecular complexity index is 453. The Kier molecular flexibility index (Phi) is 25.8. The quantitative estimate of drug-likeness (QED) is 0.0879. The van der Waals surface area contributed by atoms with Crippen LogP contribution >= 0.6 is 0 Å². The first-order valence-corrected chi connectivity index (χ1v) is 18.8. The summed E-state index contributed by atoms with van der Waals surface area (Å²) in [6.07, 6.45) is 44.7. The minimum Gasteiger partial charge on any atom is -0.0654 e.